The number of hydrogen-bond donors (Lipinski definition) is 1. The van der Waals surface area contributed by atoms with Gasteiger partial charge in [-0.15, -0.1) is 23.7 Å². The summed E-state index contributed by atoms with van der Waals surface area (Å²) in [6.07, 6.45) is 6.88. The molecular weight excluding hydrogens is 444 g/mol. The van der Waals surface area contributed by atoms with Crippen LogP contribution in [-0.2, 0) is 13.5 Å². The maximum atomic E-state index is 6.70. The van der Waals surface area contributed by atoms with E-state index in [4.69, 9.17) is 10.7 Å². The van der Waals surface area contributed by atoms with E-state index in [0.717, 1.165) is 66.3 Å². The number of thiazole rings is 1. The molecule has 2 aliphatic rings. The highest BCUT2D eigenvalue weighted by Crippen LogP contribution is 2.52. The van der Waals surface area contributed by atoms with Crippen molar-refractivity contribution < 1.29 is 0 Å². The van der Waals surface area contributed by atoms with Crippen molar-refractivity contribution in [2.24, 2.45) is 18.2 Å². The molecule has 1 saturated heterocycles. The lowest BCUT2D eigenvalue weighted by atomic mass is 9.74. The molecule has 32 heavy (non-hydrogen) atoms. The first-order chi connectivity index (χ1) is 15.0. The number of piperidine rings is 1. The van der Waals surface area contributed by atoms with Crippen molar-refractivity contribution in [3.05, 3.63) is 45.9 Å². The number of anilines is 1. The molecule has 0 saturated carbocycles. The zero-order valence-electron chi connectivity index (χ0n) is 18.4. The van der Waals surface area contributed by atoms with E-state index < -0.39 is 0 Å². The Hall–Kier alpha value is -2.49. The van der Waals surface area contributed by atoms with Crippen LogP contribution < -0.4 is 10.6 Å². The van der Waals surface area contributed by atoms with Crippen LogP contribution in [0.5, 0.6) is 0 Å². The Morgan fingerprint density at radius 3 is 2.66 bits per heavy atom. The van der Waals surface area contributed by atoms with Crippen molar-refractivity contribution in [1.29, 1.82) is 0 Å². The molecule has 5 heterocycles. The van der Waals surface area contributed by atoms with E-state index in [1.165, 1.54) is 10.6 Å². The van der Waals surface area contributed by atoms with Crippen molar-refractivity contribution in [3.8, 4) is 11.3 Å². The van der Waals surface area contributed by atoms with E-state index in [1.807, 2.05) is 34.1 Å². The molecule has 0 amide bonds. The largest absolute Gasteiger partial charge is 0.355 e. The van der Waals surface area contributed by atoms with Crippen LogP contribution in [-0.4, -0.2) is 42.5 Å². The lowest BCUT2D eigenvalue weighted by Crippen LogP contribution is -2.44. The van der Waals surface area contributed by atoms with Crippen LogP contribution in [0.25, 0.3) is 16.8 Å². The molecule has 2 N–H and O–H groups in total. The van der Waals surface area contributed by atoms with Gasteiger partial charge in [0.2, 0.25) is 0 Å². The third kappa shape index (κ3) is 2.91. The van der Waals surface area contributed by atoms with Crippen molar-refractivity contribution in [3.63, 3.8) is 0 Å². The molecule has 1 aliphatic carbocycles. The monoisotopic (exact) mass is 470 g/mol. The molecule has 10 heteroatoms. The van der Waals surface area contributed by atoms with Crippen molar-refractivity contribution >= 4 is 35.1 Å². The second-order valence-electron chi connectivity index (χ2n) is 8.93. The summed E-state index contributed by atoms with van der Waals surface area (Å²) in [4.78, 5) is 13.3. The highest BCUT2D eigenvalue weighted by Gasteiger charge is 2.47. The summed E-state index contributed by atoms with van der Waals surface area (Å²) in [5.41, 5.74) is 15.2. The maximum Gasteiger partial charge on any atom is 0.155 e. The van der Waals surface area contributed by atoms with Gasteiger partial charge < -0.3 is 10.6 Å². The average molecular weight is 471 g/mol. The highest BCUT2D eigenvalue weighted by molar-refractivity contribution is 7.09. The summed E-state index contributed by atoms with van der Waals surface area (Å²) in [5, 5.41) is 9.07. The molecule has 0 radical (unpaired) electrons. The second-order valence-corrected chi connectivity index (χ2v) is 9.82. The SMILES string of the molecule is Cc1nc(N2CCC3(CC2)Cc2ncsc2[C@H]3N)c2ccnn2c1-c1cnn(C)c1C.Cl. The predicted octanol–water partition coefficient (Wildman–Crippen LogP) is 3.47. The number of nitrogens with zero attached hydrogens (tertiary/aromatic N) is 7. The predicted molar refractivity (Wildman–Crippen MR) is 129 cm³/mol. The third-order valence-corrected chi connectivity index (χ3v) is 8.34. The summed E-state index contributed by atoms with van der Waals surface area (Å²) in [6.45, 7) is 6.03. The topological polar surface area (TPSA) is 90.2 Å². The van der Waals surface area contributed by atoms with Gasteiger partial charge >= 0.3 is 0 Å². The summed E-state index contributed by atoms with van der Waals surface area (Å²) in [7, 11) is 1.96. The minimum atomic E-state index is 0. The molecule has 8 nitrogen and oxygen atoms in total. The Balaban J connectivity index is 0.00000216. The Bertz CT molecular complexity index is 1300. The summed E-state index contributed by atoms with van der Waals surface area (Å²) in [5.74, 6) is 1.01. The quantitative estimate of drug-likeness (QED) is 0.482. The van der Waals surface area contributed by atoms with Gasteiger partial charge in [-0.25, -0.2) is 14.5 Å². The summed E-state index contributed by atoms with van der Waals surface area (Å²) >= 11 is 1.71. The van der Waals surface area contributed by atoms with Gasteiger partial charge in [-0.2, -0.15) is 10.2 Å². The third-order valence-electron chi connectivity index (χ3n) is 7.38. The number of hydrogen-bond acceptors (Lipinski definition) is 7. The Morgan fingerprint density at radius 1 is 1.19 bits per heavy atom. The van der Waals surface area contributed by atoms with E-state index >= 15 is 0 Å². The van der Waals surface area contributed by atoms with Gasteiger partial charge in [-0.05, 0) is 44.6 Å². The van der Waals surface area contributed by atoms with E-state index in [0.29, 0.717) is 0 Å². The van der Waals surface area contributed by atoms with Crippen molar-refractivity contribution in [1.82, 2.24) is 29.4 Å². The molecule has 4 aromatic heterocycles. The first kappa shape index (κ1) is 21.4. The van der Waals surface area contributed by atoms with Crippen LogP contribution in [0.4, 0.5) is 5.82 Å². The highest BCUT2D eigenvalue weighted by atomic mass is 35.5. The van der Waals surface area contributed by atoms with Crippen LogP contribution in [0.3, 0.4) is 0 Å². The van der Waals surface area contributed by atoms with Gasteiger partial charge in [0.15, 0.2) is 5.82 Å². The smallest absolute Gasteiger partial charge is 0.155 e. The lowest BCUT2D eigenvalue weighted by Gasteiger charge is -2.42. The fourth-order valence-corrected chi connectivity index (χ4v) is 6.33. The number of halogens is 1. The van der Waals surface area contributed by atoms with Crippen LogP contribution in [0.15, 0.2) is 24.0 Å². The molecule has 168 valence electrons. The molecule has 1 atom stereocenters. The number of aromatic nitrogens is 6. The molecule has 6 rings (SSSR count). The van der Waals surface area contributed by atoms with Gasteiger partial charge in [-0.3, -0.25) is 4.68 Å². The molecule has 4 aromatic rings. The molecule has 1 spiro atoms. The molecule has 0 unspecified atom stereocenters. The Kier molecular flexibility index (Phi) is 5.03. The zero-order valence-corrected chi connectivity index (χ0v) is 20.1. The fourth-order valence-electron chi connectivity index (χ4n) is 5.38. The zero-order chi connectivity index (χ0) is 21.3. The van der Waals surface area contributed by atoms with Gasteiger partial charge in [-0.1, -0.05) is 0 Å². The Morgan fingerprint density at radius 2 is 1.97 bits per heavy atom. The van der Waals surface area contributed by atoms with E-state index in [2.05, 4.69) is 40.0 Å². The minimum Gasteiger partial charge on any atom is -0.355 e. The van der Waals surface area contributed by atoms with E-state index in [9.17, 15) is 0 Å². The minimum absolute atomic E-state index is 0. The van der Waals surface area contributed by atoms with Gasteiger partial charge in [0.25, 0.3) is 0 Å². The lowest BCUT2D eigenvalue weighted by molar-refractivity contribution is 0.187. The number of fused-ring (bicyclic) bond motifs is 2. The number of nitrogens with two attached hydrogens (primary N) is 1. The number of rotatable bonds is 2. The van der Waals surface area contributed by atoms with E-state index in [-0.39, 0.29) is 23.9 Å². The van der Waals surface area contributed by atoms with Crippen LogP contribution in [0.1, 0.15) is 40.8 Å². The fraction of sp³-hybridized carbons (Fsp3) is 0.455. The molecule has 0 aromatic carbocycles. The Labute approximate surface area is 196 Å². The normalized spacial score (nSPS) is 19.5. The first-order valence-electron chi connectivity index (χ1n) is 10.7. The molecule has 0 bridgehead atoms. The first-order valence-corrected chi connectivity index (χ1v) is 11.6. The standard InChI is InChI=1S/C22H26N8S.ClH/c1-13-18(15-11-26-28(3)14(15)2)30-17(4-7-25-30)21(27-13)29-8-5-22(6-9-29)10-16-19(20(22)23)31-12-24-16;/h4,7,11-12,20H,5-6,8-10,23H2,1-3H3;1H/t20-;/m1./s1. The molecular formula is C22H27ClN8S. The summed E-state index contributed by atoms with van der Waals surface area (Å²) < 4.78 is 3.91. The van der Waals surface area contributed by atoms with Gasteiger partial charge in [0.1, 0.15) is 5.52 Å². The van der Waals surface area contributed by atoms with E-state index in [1.54, 1.807) is 11.3 Å². The maximum absolute atomic E-state index is 6.70. The van der Waals surface area contributed by atoms with Crippen molar-refractivity contribution in [2.45, 2.75) is 39.2 Å². The molecule has 1 fully saturated rings. The van der Waals surface area contributed by atoms with Crippen LogP contribution in [0, 0.1) is 19.3 Å². The second kappa shape index (κ2) is 7.54. The van der Waals surface area contributed by atoms with Crippen molar-refractivity contribution in [2.75, 3.05) is 18.0 Å². The molecule has 1 aliphatic heterocycles. The average Bonchev–Trinajstić information content (AvgIpc) is 3.53. The summed E-state index contributed by atoms with van der Waals surface area (Å²) in [6, 6.07) is 2.17. The van der Waals surface area contributed by atoms with Gasteiger partial charge in [0, 0.05) is 42.3 Å². The number of aryl methyl sites for hydroxylation is 2. The van der Waals surface area contributed by atoms with Gasteiger partial charge in [0.05, 0.1) is 35.0 Å². The van der Waals surface area contributed by atoms with Crippen LogP contribution in [0.2, 0.25) is 0 Å². The van der Waals surface area contributed by atoms with Crippen LogP contribution >= 0.6 is 23.7 Å².